The highest BCUT2D eigenvalue weighted by Gasteiger charge is 2.37. The first-order valence-corrected chi connectivity index (χ1v) is 55.9. The third-order valence-electron chi connectivity index (χ3n) is 24.6. The lowest BCUT2D eigenvalue weighted by atomic mass is 9.76. The minimum absolute atomic E-state index is 0.00115. The summed E-state index contributed by atoms with van der Waals surface area (Å²) >= 11 is 2.41. The van der Waals surface area contributed by atoms with Crippen molar-refractivity contribution in [1.29, 1.82) is 0 Å². The second kappa shape index (κ2) is 73.8. The van der Waals surface area contributed by atoms with Gasteiger partial charge in [-0.2, -0.15) is 23.5 Å². The predicted octanol–water partition coefficient (Wildman–Crippen LogP) is -0.947. The molecule has 1 aliphatic carbocycles. The normalized spacial score (nSPS) is 15.6. The topological polar surface area (TPSA) is 718 Å². The fourth-order valence-corrected chi connectivity index (χ4v) is 21.4. The van der Waals surface area contributed by atoms with Crippen LogP contribution in [0.4, 0.5) is 9.59 Å². The van der Waals surface area contributed by atoms with Crippen LogP contribution in [0.2, 0.25) is 0 Å². The molecule has 0 bridgehead atoms. The Morgan fingerprint density at radius 3 is 1.08 bits per heavy atom. The summed E-state index contributed by atoms with van der Waals surface area (Å²) < 4.78 is 94.4. The van der Waals surface area contributed by atoms with Crippen molar-refractivity contribution in [1.82, 2.24) is 62.1 Å². The van der Waals surface area contributed by atoms with Gasteiger partial charge in [0.1, 0.15) is 19.3 Å². The van der Waals surface area contributed by atoms with Gasteiger partial charge in [-0.3, -0.25) is 86.7 Å². The molecule has 1 aliphatic heterocycles. The number of benzene rings is 2. The number of amides is 9. The number of nitrogens with one attached hydrogen (secondary N) is 8. The molecule has 0 saturated carbocycles. The molecule has 149 heavy (non-hydrogen) atoms. The number of hydrogen-bond donors (Lipinski definition) is 17. The van der Waals surface area contributed by atoms with Crippen LogP contribution >= 0.6 is 23.5 Å². The number of hydrogen-bond acceptors (Lipinski definition) is 35. The zero-order valence-corrected chi connectivity index (χ0v) is 89.1. The largest absolute Gasteiger partial charge is 0.481 e. The average molecular weight is 2190 g/mol. The lowest BCUT2D eigenvalue weighted by Crippen LogP contribution is -2.50. The number of alkyl carbamates (subject to hydrolysis) is 2. The molecule has 1 fully saturated rings. The van der Waals surface area contributed by atoms with Gasteiger partial charge in [-0.15, -0.1) is 0 Å². The number of rotatable bonds is 78. The number of aryl methyl sites for hydroxylation is 4. The van der Waals surface area contributed by atoms with E-state index in [9.17, 15) is 124 Å². The van der Waals surface area contributed by atoms with Crippen LogP contribution in [0.1, 0.15) is 125 Å². The molecule has 2 aromatic carbocycles. The first-order chi connectivity index (χ1) is 70.8. The number of nitrogens with two attached hydrogens (primary N) is 2. The van der Waals surface area contributed by atoms with E-state index in [1.54, 1.807) is 40.4 Å². The van der Waals surface area contributed by atoms with Gasteiger partial charge >= 0.3 is 54.0 Å². The molecule has 49 nitrogen and oxygen atoms in total. The molecule has 2 aliphatic rings. The van der Waals surface area contributed by atoms with E-state index >= 15 is 4.79 Å². The highest BCUT2D eigenvalue weighted by atomic mass is 32.2. The van der Waals surface area contributed by atoms with E-state index in [-0.39, 0.29) is 289 Å². The molecule has 0 aromatic heterocycles. The van der Waals surface area contributed by atoms with Crippen LogP contribution in [0.5, 0.6) is 0 Å². The van der Waals surface area contributed by atoms with Crippen molar-refractivity contribution in [2.24, 2.45) is 52.9 Å². The minimum Gasteiger partial charge on any atom is -0.481 e. The Bertz CT molecular complexity index is 4710. The van der Waals surface area contributed by atoms with Gasteiger partial charge in [-0.1, -0.05) is 64.1 Å². The summed E-state index contributed by atoms with van der Waals surface area (Å²) in [5, 5.41) is 91.5. The van der Waals surface area contributed by atoms with Gasteiger partial charge < -0.3 is 128 Å². The third-order valence-corrected chi connectivity index (χ3v) is 30.4. The third kappa shape index (κ3) is 59.4. The lowest BCUT2D eigenvalue weighted by Gasteiger charge is -2.32. The fraction of sp³-hybridized carbons (Fsp3) is 0.708. The maximum absolute atomic E-state index is 15.0. The summed E-state index contributed by atoms with van der Waals surface area (Å²) in [6.45, 7) is 6.88. The summed E-state index contributed by atoms with van der Waals surface area (Å²) in [6, 6.07) is 10.6. The van der Waals surface area contributed by atoms with Crippen molar-refractivity contribution in [2.45, 2.75) is 123 Å². The highest BCUT2D eigenvalue weighted by molar-refractivity contribution is 8.01. The zero-order valence-electron chi connectivity index (χ0n) is 85.9. The number of thioether (sulfide) groups is 2. The minimum atomic E-state index is -3.71. The number of aliphatic carboxylic acids is 7. The van der Waals surface area contributed by atoms with Gasteiger partial charge in [0.2, 0.25) is 41.4 Å². The van der Waals surface area contributed by atoms with E-state index in [2.05, 4.69) is 42.5 Å². The summed E-state index contributed by atoms with van der Waals surface area (Å²) in [7, 11) is -7.25. The first-order valence-electron chi connectivity index (χ1n) is 50.0. The van der Waals surface area contributed by atoms with E-state index in [1.165, 1.54) is 25.6 Å². The van der Waals surface area contributed by atoms with Crippen molar-refractivity contribution >= 4 is 139 Å². The molecule has 9 unspecified atom stereocenters. The zero-order chi connectivity index (χ0) is 110. The van der Waals surface area contributed by atoms with Crippen molar-refractivity contribution in [2.75, 3.05) is 269 Å². The molecular weight excluding hydrogens is 2040 g/mol. The molecular formula is C96H156N14O35S4. The Morgan fingerprint density at radius 2 is 0.711 bits per heavy atom. The molecule has 1 saturated heterocycles. The van der Waals surface area contributed by atoms with Crippen molar-refractivity contribution in [3.63, 3.8) is 0 Å². The number of primary amides is 1. The predicted molar refractivity (Wildman–Crippen MR) is 548 cm³/mol. The first kappa shape index (κ1) is 131. The average Bonchev–Trinajstić information content (AvgIpc) is 0.799. The van der Waals surface area contributed by atoms with Crippen LogP contribution in [-0.4, -0.2) is 443 Å². The van der Waals surface area contributed by atoms with Crippen LogP contribution in [-0.2, 0) is 150 Å². The van der Waals surface area contributed by atoms with E-state index in [0.717, 1.165) is 39.6 Å². The van der Waals surface area contributed by atoms with Gasteiger partial charge in [0.15, 0.2) is 19.7 Å². The summed E-state index contributed by atoms with van der Waals surface area (Å²) in [5.74, 6) is -20.6. The molecule has 2 aromatic rings. The monoisotopic (exact) mass is 2190 g/mol. The van der Waals surface area contributed by atoms with Gasteiger partial charge in [0.05, 0.1) is 159 Å². The second-order valence-electron chi connectivity index (χ2n) is 36.7. The Labute approximate surface area is 878 Å². The second-order valence-corrected chi connectivity index (χ2v) is 43.6. The number of ether oxygens (including phenoxy) is 8. The Morgan fingerprint density at radius 1 is 0.362 bits per heavy atom. The van der Waals surface area contributed by atoms with Crippen LogP contribution in [0, 0.1) is 41.4 Å². The van der Waals surface area contributed by atoms with E-state index in [0.29, 0.717) is 43.5 Å². The Balaban J connectivity index is 1.54. The molecule has 0 spiro atoms. The summed E-state index contributed by atoms with van der Waals surface area (Å²) in [6.07, 6.45) is -0.359. The van der Waals surface area contributed by atoms with E-state index in [4.69, 9.17) is 49.4 Å². The smallest absolute Gasteiger partial charge is 0.407 e. The molecule has 844 valence electrons. The van der Waals surface area contributed by atoms with Crippen LogP contribution in [0.25, 0.3) is 0 Å². The van der Waals surface area contributed by atoms with Crippen molar-refractivity contribution in [3.05, 3.63) is 69.8 Å². The Kier molecular flexibility index (Phi) is 64.9. The van der Waals surface area contributed by atoms with E-state index < -0.39 is 187 Å². The van der Waals surface area contributed by atoms with Crippen LogP contribution in [0.3, 0.4) is 0 Å². The molecule has 9 atom stereocenters. The van der Waals surface area contributed by atoms with Crippen LogP contribution < -0.4 is 54.0 Å². The number of carboxylic acids is 7. The Hall–Kier alpha value is -10.3. The molecule has 9 amide bonds. The van der Waals surface area contributed by atoms with Crippen LogP contribution in [0.15, 0.2) is 36.4 Å². The SMILES string of the molecule is CC(=O)NCCSCCS(=O)(=O)CCOC(=O)NCCOCCOCCNC(=O)C(CC(C)C(=O)NCCOCCOCCNC(=O)CN1CCN(CC(=O)O)CCN(CC(=O)O)CCN(CC(=O)O)CC1)CC(CC(CC(CC(C)C(=O)O)c1ccc2c(c1)CCc1ccc(C(CC(C)C(=O)O)CC(C)C(=O)O)cc1CC2)C(=O)O)C(=O)NCCOCCOCCNC(=O)OCCS(=O)(=O)CCSCC(NC(=O)CN)C(N)=O. The van der Waals surface area contributed by atoms with Gasteiger partial charge in [-0.05, 0) is 116 Å². The van der Waals surface area contributed by atoms with Crippen molar-refractivity contribution in [3.8, 4) is 0 Å². The number of carboxylic acid groups (broad SMARTS) is 7. The molecule has 0 radical (unpaired) electrons. The maximum Gasteiger partial charge on any atom is 0.407 e. The molecule has 19 N–H and O–H groups in total. The fourth-order valence-electron chi connectivity index (χ4n) is 16.3. The number of fused-ring (bicyclic) bond motifs is 2. The number of nitrogens with zero attached hydrogens (tertiary/aromatic N) is 4. The standard InChI is InChI=1S/C96H156N14O35S4/c1-65(88(121)101-15-30-139-36-35-138-29-14-100-83(113)60-107-21-23-108(61-84(114)115)25-27-110(63-86(118)119)28-26-109(24-22-107)62-85(116)117)50-78(89(122)102-16-31-140-37-39-142-33-18-104-95(132)144-41-46-148(134,135)48-44-146-43-20-99-69(5)111)57-79(90(123)103-17-32-141-38-40-143-34-19-105-96(133)145-42-47-149(136,137)49-45-147-64-81(87(98)120)106-82(112)59-97)58-80(94(130)131)56-77(53-68(4)93(128)129)75-13-9-71-6-10-72-54-74(12-8-70(72)7-11-73(71)55-75)76(51-66(2)91(124)125)52-67(3)92(126)127/h8-9,12-13,54-55,65-68,76-81H,6-7,10-11,14-53,56-64,97H2,1-5H3,(H2,98,120)(H,99,111)(H,100,113)(H,101,121)(H,102,122)(H,103,123)(H,104,132)(H,105,133)(H,106,112)(H,114,115)(H,116,117)(H,118,119)(H,124,125)(H,126,127)(H,128,129)(H,130,131). The quantitative estimate of drug-likeness (QED) is 0.0355. The number of sulfone groups is 2. The summed E-state index contributed by atoms with van der Waals surface area (Å²) in [4.78, 5) is 209. The van der Waals surface area contributed by atoms with Crippen molar-refractivity contribution < 1.29 is 167 Å². The van der Waals surface area contributed by atoms with Gasteiger partial charge in [0, 0.05) is 146 Å². The number of carbonyl (C=O) groups is 16. The molecule has 1 heterocycles. The molecule has 53 heteroatoms. The van der Waals surface area contributed by atoms with Gasteiger partial charge in [0.25, 0.3) is 0 Å². The number of carbonyl (C=O) groups excluding carboxylic acids is 9. The highest BCUT2D eigenvalue weighted by Crippen LogP contribution is 2.39. The summed E-state index contributed by atoms with van der Waals surface area (Å²) in [5.41, 5.74) is 16.0. The molecule has 4 rings (SSSR count). The maximum atomic E-state index is 15.0. The van der Waals surface area contributed by atoms with E-state index in [1.807, 2.05) is 36.4 Å². The van der Waals surface area contributed by atoms with Gasteiger partial charge in [-0.25, -0.2) is 26.4 Å². The lowest BCUT2D eigenvalue weighted by molar-refractivity contribution is -0.144.